The van der Waals surface area contributed by atoms with E-state index in [0.29, 0.717) is 24.2 Å². The van der Waals surface area contributed by atoms with E-state index in [9.17, 15) is 45.6 Å². The van der Waals surface area contributed by atoms with Gasteiger partial charge in [-0.25, -0.2) is 0 Å². The van der Waals surface area contributed by atoms with Crippen molar-refractivity contribution in [1.82, 2.24) is 9.80 Å². The number of amides is 5. The molecule has 14 nitrogen and oxygen atoms in total. The van der Waals surface area contributed by atoms with E-state index in [2.05, 4.69) is 32.3 Å². The largest absolute Gasteiger partial charge is 0.516 e. The standard InChI is InChI=1S/C16H17NO.C14H20ClNO2.C11H14ClNO.C11H13F3N2O3S.C8H12ClNO/c1-17(2)16(18)15(13-9-5-3-6-10-13)14-11-7-4-8-12-14;1-4-11-7-6-8-12(5-2)14(11)16(10-18-3)13(17)9-15;1-9(2)13(11(14)8-12)10-6-4-3-5-7-10;1-6-4-7(2)10(5-9(6)15-8(3)17)16-20(18,19)11(12,13)14;1-3-5-10(6-4-2)8(11)7-9/h3-12,15H,1-2H3;6-8H,4-5,9-10H2,1-3H3;3-7,9H,8H2,1-2H3;4-5,16H,1-3H3,(H,15,17);3-4H,1-2,5-7H2. The van der Waals surface area contributed by atoms with Crippen molar-refractivity contribution in [3.8, 4) is 0 Å². The van der Waals surface area contributed by atoms with E-state index >= 15 is 0 Å². The maximum atomic E-state index is 12.4. The molecule has 5 rings (SSSR count). The van der Waals surface area contributed by atoms with Crippen LogP contribution in [0.1, 0.15) is 73.9 Å². The van der Waals surface area contributed by atoms with Crippen molar-refractivity contribution in [3.05, 3.63) is 180 Å². The SMILES string of the molecule is C=CCN(CC=C)C(=O)CCl.CC(=O)Nc1cc(NS(=O)(=O)C(F)(F)F)c(C)cc1C.CC(C)N(C(=O)CCl)c1ccccc1.CCc1cccc(CC)c1N(COC)C(=O)CCl.CN(C)C(=O)C(c1ccccc1)c1ccccc1. The molecule has 0 saturated heterocycles. The topological polar surface area (TPSA) is 166 Å². The number of carbonyl (C=O) groups excluding carboxylic acids is 5. The van der Waals surface area contributed by atoms with Crippen molar-refractivity contribution in [2.24, 2.45) is 0 Å². The molecule has 0 bridgehead atoms. The first-order chi connectivity index (χ1) is 38.2. The van der Waals surface area contributed by atoms with E-state index in [4.69, 9.17) is 39.5 Å². The van der Waals surface area contributed by atoms with Crippen molar-refractivity contribution >= 4 is 97.1 Å². The Hall–Kier alpha value is -6.70. The van der Waals surface area contributed by atoms with Gasteiger partial charge in [0.05, 0.1) is 17.3 Å². The molecule has 0 fully saturated rings. The first-order valence-electron chi connectivity index (χ1n) is 25.5. The number of rotatable bonds is 20. The molecule has 0 aliphatic carbocycles. The second-order valence-corrected chi connectivity index (χ2v) is 20.5. The van der Waals surface area contributed by atoms with Crippen molar-refractivity contribution in [1.29, 1.82) is 0 Å². The summed E-state index contributed by atoms with van der Waals surface area (Å²) >= 11 is 16.6. The van der Waals surface area contributed by atoms with Crippen LogP contribution in [0.3, 0.4) is 0 Å². The molecular formula is C60H76Cl3F3N6O8S. The van der Waals surface area contributed by atoms with E-state index in [1.165, 1.54) is 24.6 Å². The van der Waals surface area contributed by atoms with Crippen molar-refractivity contribution < 1.29 is 50.3 Å². The van der Waals surface area contributed by atoms with Crippen LogP contribution in [0.4, 0.5) is 35.9 Å². The summed E-state index contributed by atoms with van der Waals surface area (Å²) in [6, 6.07) is 38.2. The summed E-state index contributed by atoms with van der Waals surface area (Å²) in [6.07, 6.45) is 5.07. The Balaban J connectivity index is 0.000000513. The molecule has 0 atom stereocenters. The average molecular weight is 1200 g/mol. The van der Waals surface area contributed by atoms with Crippen LogP contribution in [0.15, 0.2) is 147 Å². The number of carbonyl (C=O) groups is 5. The number of aryl methyl sites for hydroxylation is 4. The second kappa shape index (κ2) is 37.3. The highest BCUT2D eigenvalue weighted by Crippen LogP contribution is 2.31. The monoisotopic (exact) mass is 1200 g/mol. The zero-order valence-corrected chi connectivity index (χ0v) is 50.7. The van der Waals surface area contributed by atoms with Crippen molar-refractivity contribution in [2.45, 2.75) is 78.8 Å². The third-order valence-corrected chi connectivity index (χ3v) is 13.2. The Morgan fingerprint density at radius 2 is 1.12 bits per heavy atom. The molecule has 5 aromatic rings. The quantitative estimate of drug-likeness (QED) is 0.0441. The van der Waals surface area contributed by atoms with Gasteiger partial charge >= 0.3 is 15.5 Å². The highest BCUT2D eigenvalue weighted by atomic mass is 35.5. The molecule has 0 heterocycles. The molecule has 5 amide bonds. The summed E-state index contributed by atoms with van der Waals surface area (Å²) in [5, 5.41) is 2.41. The van der Waals surface area contributed by atoms with Crippen LogP contribution in [-0.4, -0.2) is 118 Å². The predicted molar refractivity (Wildman–Crippen MR) is 325 cm³/mol. The van der Waals surface area contributed by atoms with Crippen molar-refractivity contribution in [2.75, 3.05) is 78.5 Å². The number of benzene rings is 5. The lowest BCUT2D eigenvalue weighted by Crippen LogP contribution is -2.37. The molecule has 0 aliphatic rings. The number of halogens is 6. The van der Waals surface area contributed by atoms with Gasteiger partial charge in [0.15, 0.2) is 0 Å². The van der Waals surface area contributed by atoms with Gasteiger partial charge in [0, 0.05) is 58.6 Å². The summed E-state index contributed by atoms with van der Waals surface area (Å²) in [5.41, 5.74) is 1.71. The number of hydrogen-bond donors (Lipinski definition) is 2. The van der Waals surface area contributed by atoms with E-state index in [-0.39, 0.29) is 71.3 Å². The first-order valence-corrected chi connectivity index (χ1v) is 28.6. The molecule has 0 unspecified atom stereocenters. The van der Waals surface area contributed by atoms with Crippen LogP contribution in [0.25, 0.3) is 0 Å². The fourth-order valence-corrected chi connectivity index (χ4v) is 8.66. The number of hydrogen-bond acceptors (Lipinski definition) is 8. The zero-order valence-electron chi connectivity index (χ0n) is 47.7. The normalized spacial score (nSPS) is 10.6. The van der Waals surface area contributed by atoms with Gasteiger partial charge in [-0.3, -0.25) is 33.6 Å². The zero-order chi connectivity index (χ0) is 61.5. The predicted octanol–water partition coefficient (Wildman–Crippen LogP) is 12.5. The number of likely N-dealkylation sites (N-methyl/N-ethyl adjacent to an activating group) is 1. The molecule has 0 aromatic heterocycles. The Bertz CT molecular complexity index is 2810. The van der Waals surface area contributed by atoms with E-state index in [1.54, 1.807) is 59.9 Å². The van der Waals surface area contributed by atoms with Crippen LogP contribution in [0, 0.1) is 13.8 Å². The van der Waals surface area contributed by atoms with Crippen molar-refractivity contribution in [3.63, 3.8) is 0 Å². The molecule has 0 spiro atoms. The molecule has 5 aromatic carbocycles. The lowest BCUT2D eigenvalue weighted by atomic mass is 9.90. The summed E-state index contributed by atoms with van der Waals surface area (Å²) < 4.78 is 65.7. The van der Waals surface area contributed by atoms with E-state index in [0.717, 1.165) is 52.5 Å². The third kappa shape index (κ3) is 24.1. The Morgan fingerprint density at radius 3 is 1.49 bits per heavy atom. The second-order valence-electron chi connectivity index (χ2n) is 18.0. The van der Waals surface area contributed by atoms with Gasteiger partial charge in [0.1, 0.15) is 24.4 Å². The minimum absolute atomic E-state index is 0.0156. The Kier molecular flexibility index (Phi) is 33.3. The van der Waals surface area contributed by atoms with Crippen LogP contribution in [-0.2, 0) is 51.6 Å². The first kappa shape index (κ1) is 72.3. The summed E-state index contributed by atoms with van der Waals surface area (Å²) in [5.74, 6) is -0.816. The number of alkyl halides is 6. The smallest absolute Gasteiger partial charge is 0.364 e. The van der Waals surface area contributed by atoms with Crippen LogP contribution >= 0.6 is 34.8 Å². The molecule has 0 aliphatic heterocycles. The highest BCUT2D eigenvalue weighted by Gasteiger charge is 2.46. The van der Waals surface area contributed by atoms with Crippen LogP contribution in [0.2, 0.25) is 0 Å². The summed E-state index contributed by atoms with van der Waals surface area (Å²) in [7, 11) is -0.330. The average Bonchev–Trinajstić information content (AvgIpc) is 3.46. The Labute approximate surface area is 491 Å². The third-order valence-electron chi connectivity index (χ3n) is 11.4. The van der Waals surface area contributed by atoms with Crippen LogP contribution < -0.4 is 19.8 Å². The lowest BCUT2D eigenvalue weighted by Gasteiger charge is -2.26. The molecule has 442 valence electrons. The minimum Gasteiger partial charge on any atom is -0.364 e. The molecule has 21 heteroatoms. The van der Waals surface area contributed by atoms with Gasteiger partial charge in [0.25, 0.3) is 0 Å². The molecular weight excluding hydrogens is 1130 g/mol. The van der Waals surface area contributed by atoms with Gasteiger partial charge in [-0.1, -0.05) is 129 Å². The number of para-hydroxylation sites is 2. The van der Waals surface area contributed by atoms with Gasteiger partial charge in [0.2, 0.25) is 29.5 Å². The summed E-state index contributed by atoms with van der Waals surface area (Å²) in [6.45, 7) is 20.8. The fraction of sp³-hybridized carbons (Fsp3) is 0.350. The molecule has 0 saturated carbocycles. The van der Waals surface area contributed by atoms with Crippen LogP contribution in [0.5, 0.6) is 0 Å². The maximum Gasteiger partial charge on any atom is 0.516 e. The maximum absolute atomic E-state index is 12.4. The lowest BCUT2D eigenvalue weighted by molar-refractivity contribution is -0.129. The van der Waals surface area contributed by atoms with E-state index in [1.807, 2.05) is 123 Å². The molecule has 2 N–H and O–H groups in total. The number of nitrogens with zero attached hydrogens (tertiary/aromatic N) is 4. The number of ether oxygens (including phenoxy) is 1. The van der Waals surface area contributed by atoms with Gasteiger partial charge in [-0.2, -0.15) is 21.6 Å². The number of nitrogens with one attached hydrogen (secondary N) is 2. The Morgan fingerprint density at radius 1 is 0.679 bits per heavy atom. The minimum atomic E-state index is -5.49. The number of anilines is 4. The van der Waals surface area contributed by atoms with E-state index < -0.39 is 21.4 Å². The molecule has 81 heavy (non-hydrogen) atoms. The number of methoxy groups -OCH3 is 1. The van der Waals surface area contributed by atoms with Gasteiger partial charge in [-0.05, 0) is 92.1 Å². The number of sulfonamides is 1. The summed E-state index contributed by atoms with van der Waals surface area (Å²) in [4.78, 5) is 64.4. The fourth-order valence-electron chi connectivity index (χ4n) is 7.60. The molecule has 0 radical (unpaired) electrons. The highest BCUT2D eigenvalue weighted by molar-refractivity contribution is 7.93. The van der Waals surface area contributed by atoms with Gasteiger partial charge < -0.3 is 24.8 Å². The van der Waals surface area contributed by atoms with Gasteiger partial charge in [-0.15, -0.1) is 48.0 Å².